The van der Waals surface area contributed by atoms with Crippen molar-refractivity contribution >= 4 is 0 Å². The molecule has 0 saturated heterocycles. The van der Waals surface area contributed by atoms with E-state index in [0.717, 1.165) is 0 Å². The summed E-state index contributed by atoms with van der Waals surface area (Å²) >= 11 is 0. The Bertz CT molecular complexity index is 404. The zero-order valence-corrected chi connectivity index (χ0v) is 9.42. The van der Waals surface area contributed by atoms with Crippen molar-refractivity contribution in [3.8, 4) is 6.07 Å². The predicted octanol–water partition coefficient (Wildman–Crippen LogP) is 1.56. The summed E-state index contributed by atoms with van der Waals surface area (Å²) in [5.74, 6) is -0.401. The SMILES string of the molecule is CC(C)(O)CNCc1ccc(C#N)cc1F. The van der Waals surface area contributed by atoms with Gasteiger partial charge >= 0.3 is 0 Å². The van der Waals surface area contributed by atoms with E-state index >= 15 is 0 Å². The second-order valence-electron chi connectivity index (χ2n) is 4.33. The van der Waals surface area contributed by atoms with Crippen molar-refractivity contribution in [2.75, 3.05) is 6.54 Å². The number of benzene rings is 1. The molecule has 0 radical (unpaired) electrons. The third-order valence-electron chi connectivity index (χ3n) is 2.06. The minimum absolute atomic E-state index is 0.309. The fourth-order valence-electron chi connectivity index (χ4n) is 1.26. The van der Waals surface area contributed by atoms with E-state index in [1.807, 2.05) is 6.07 Å². The zero-order valence-electron chi connectivity index (χ0n) is 9.42. The largest absolute Gasteiger partial charge is 0.389 e. The molecule has 0 aliphatic rings. The van der Waals surface area contributed by atoms with Gasteiger partial charge in [-0.25, -0.2) is 4.39 Å². The number of nitrogens with zero attached hydrogens (tertiary/aromatic N) is 1. The quantitative estimate of drug-likeness (QED) is 0.812. The fourth-order valence-corrected chi connectivity index (χ4v) is 1.26. The minimum atomic E-state index is -0.816. The Morgan fingerprint density at radius 2 is 2.19 bits per heavy atom. The normalized spacial score (nSPS) is 11.2. The smallest absolute Gasteiger partial charge is 0.129 e. The van der Waals surface area contributed by atoms with Gasteiger partial charge in [-0.2, -0.15) is 5.26 Å². The van der Waals surface area contributed by atoms with E-state index < -0.39 is 11.4 Å². The van der Waals surface area contributed by atoms with Crippen LogP contribution >= 0.6 is 0 Å². The first kappa shape index (κ1) is 12.6. The van der Waals surface area contributed by atoms with Gasteiger partial charge < -0.3 is 10.4 Å². The molecule has 0 bridgehead atoms. The Morgan fingerprint density at radius 1 is 1.50 bits per heavy atom. The van der Waals surface area contributed by atoms with Gasteiger partial charge in [0.15, 0.2) is 0 Å². The summed E-state index contributed by atoms with van der Waals surface area (Å²) in [6, 6.07) is 6.23. The second kappa shape index (κ2) is 5.06. The Hall–Kier alpha value is -1.44. The average Bonchev–Trinajstić information content (AvgIpc) is 2.18. The van der Waals surface area contributed by atoms with E-state index in [0.29, 0.717) is 24.2 Å². The van der Waals surface area contributed by atoms with E-state index in [4.69, 9.17) is 5.26 Å². The second-order valence-corrected chi connectivity index (χ2v) is 4.33. The highest BCUT2D eigenvalue weighted by Crippen LogP contribution is 2.10. The zero-order chi connectivity index (χ0) is 12.2. The van der Waals surface area contributed by atoms with Crippen LogP contribution in [0.25, 0.3) is 0 Å². The first-order valence-electron chi connectivity index (χ1n) is 5.04. The molecule has 0 aliphatic carbocycles. The molecule has 0 spiro atoms. The number of hydrogen-bond donors (Lipinski definition) is 2. The van der Waals surface area contributed by atoms with Crippen LogP contribution in [0.1, 0.15) is 25.0 Å². The summed E-state index contributed by atoms with van der Waals surface area (Å²) in [6.07, 6.45) is 0. The molecule has 0 aliphatic heterocycles. The Labute approximate surface area is 94.5 Å². The third-order valence-corrected chi connectivity index (χ3v) is 2.06. The maximum absolute atomic E-state index is 13.4. The first-order valence-corrected chi connectivity index (χ1v) is 5.04. The van der Waals surface area contributed by atoms with Crippen molar-refractivity contribution in [1.29, 1.82) is 5.26 Å². The molecular formula is C12H15FN2O. The molecular weight excluding hydrogens is 207 g/mol. The summed E-state index contributed by atoms with van der Waals surface area (Å²) < 4.78 is 13.4. The monoisotopic (exact) mass is 222 g/mol. The summed E-state index contributed by atoms with van der Waals surface area (Å²) in [6.45, 7) is 4.07. The summed E-state index contributed by atoms with van der Waals surface area (Å²) in [4.78, 5) is 0. The molecule has 2 N–H and O–H groups in total. The summed E-state index contributed by atoms with van der Waals surface area (Å²) in [5.41, 5.74) is -0.0183. The Kier molecular flexibility index (Phi) is 3.99. The number of halogens is 1. The van der Waals surface area contributed by atoms with Crippen molar-refractivity contribution in [1.82, 2.24) is 5.32 Å². The molecule has 1 rings (SSSR count). The first-order chi connectivity index (χ1) is 7.42. The van der Waals surface area contributed by atoms with Gasteiger partial charge in [0.2, 0.25) is 0 Å². The van der Waals surface area contributed by atoms with Crippen LogP contribution in [-0.2, 0) is 6.54 Å². The van der Waals surface area contributed by atoms with Gasteiger partial charge in [0.25, 0.3) is 0 Å². The molecule has 0 atom stereocenters. The van der Waals surface area contributed by atoms with Gasteiger partial charge in [0, 0.05) is 18.7 Å². The molecule has 86 valence electrons. The third kappa shape index (κ3) is 3.97. The van der Waals surface area contributed by atoms with E-state index in [1.165, 1.54) is 6.07 Å². The Morgan fingerprint density at radius 3 is 2.69 bits per heavy atom. The maximum Gasteiger partial charge on any atom is 0.129 e. The van der Waals surface area contributed by atoms with E-state index in [-0.39, 0.29) is 0 Å². The topological polar surface area (TPSA) is 56.0 Å². The fraction of sp³-hybridized carbons (Fsp3) is 0.417. The van der Waals surface area contributed by atoms with Crippen molar-refractivity contribution in [3.05, 3.63) is 35.1 Å². The molecule has 0 heterocycles. The van der Waals surface area contributed by atoms with Crippen LogP contribution in [0.5, 0.6) is 0 Å². The van der Waals surface area contributed by atoms with Crippen LogP contribution in [0.2, 0.25) is 0 Å². The molecule has 0 aromatic heterocycles. The lowest BCUT2D eigenvalue weighted by Crippen LogP contribution is -2.34. The van der Waals surface area contributed by atoms with Crippen LogP contribution in [0.4, 0.5) is 4.39 Å². The van der Waals surface area contributed by atoms with Crippen LogP contribution in [0.3, 0.4) is 0 Å². The Balaban J connectivity index is 2.59. The predicted molar refractivity (Wildman–Crippen MR) is 59.1 cm³/mol. The molecule has 16 heavy (non-hydrogen) atoms. The summed E-state index contributed by atoms with van der Waals surface area (Å²) in [7, 11) is 0. The van der Waals surface area contributed by atoms with Crippen molar-refractivity contribution < 1.29 is 9.50 Å². The number of rotatable bonds is 4. The lowest BCUT2D eigenvalue weighted by molar-refractivity contribution is 0.0794. The lowest BCUT2D eigenvalue weighted by atomic mass is 10.1. The number of hydrogen-bond acceptors (Lipinski definition) is 3. The highest BCUT2D eigenvalue weighted by atomic mass is 19.1. The maximum atomic E-state index is 13.4. The van der Waals surface area contributed by atoms with E-state index in [2.05, 4.69) is 5.32 Å². The highest BCUT2D eigenvalue weighted by Gasteiger charge is 2.11. The van der Waals surface area contributed by atoms with Gasteiger partial charge in [-0.1, -0.05) is 6.07 Å². The standard InChI is InChI=1S/C12H15FN2O/c1-12(2,16)8-15-7-10-4-3-9(6-14)5-11(10)13/h3-5,15-16H,7-8H2,1-2H3. The van der Waals surface area contributed by atoms with Crippen LogP contribution in [-0.4, -0.2) is 17.3 Å². The summed E-state index contributed by atoms with van der Waals surface area (Å²) in [5, 5.41) is 21.0. The molecule has 0 saturated carbocycles. The van der Waals surface area contributed by atoms with Crippen molar-refractivity contribution in [2.45, 2.75) is 26.0 Å². The molecule has 0 unspecified atom stereocenters. The molecule has 1 aromatic rings. The van der Waals surface area contributed by atoms with Gasteiger partial charge in [0.1, 0.15) is 5.82 Å². The number of nitriles is 1. The van der Waals surface area contributed by atoms with Crippen LogP contribution in [0, 0.1) is 17.1 Å². The molecule has 3 nitrogen and oxygen atoms in total. The number of nitrogens with one attached hydrogen (secondary N) is 1. The number of aliphatic hydroxyl groups is 1. The molecule has 1 aromatic carbocycles. The minimum Gasteiger partial charge on any atom is -0.389 e. The molecule has 0 fully saturated rings. The van der Waals surface area contributed by atoms with Crippen molar-refractivity contribution in [3.63, 3.8) is 0 Å². The van der Waals surface area contributed by atoms with Gasteiger partial charge in [-0.05, 0) is 26.0 Å². The van der Waals surface area contributed by atoms with E-state index in [1.54, 1.807) is 26.0 Å². The van der Waals surface area contributed by atoms with Crippen LogP contribution in [0.15, 0.2) is 18.2 Å². The van der Waals surface area contributed by atoms with Crippen molar-refractivity contribution in [2.24, 2.45) is 0 Å². The van der Waals surface area contributed by atoms with Gasteiger partial charge in [-0.3, -0.25) is 0 Å². The highest BCUT2D eigenvalue weighted by molar-refractivity contribution is 5.32. The van der Waals surface area contributed by atoms with Gasteiger partial charge in [-0.15, -0.1) is 0 Å². The van der Waals surface area contributed by atoms with Gasteiger partial charge in [0.05, 0.1) is 17.2 Å². The van der Waals surface area contributed by atoms with E-state index in [9.17, 15) is 9.50 Å². The molecule has 0 amide bonds. The molecule has 4 heteroatoms. The van der Waals surface area contributed by atoms with Crippen LogP contribution < -0.4 is 5.32 Å². The average molecular weight is 222 g/mol. The lowest BCUT2D eigenvalue weighted by Gasteiger charge is -2.17.